The van der Waals surface area contributed by atoms with E-state index in [1.165, 1.54) is 31.3 Å². The van der Waals surface area contributed by atoms with Crippen molar-refractivity contribution in [1.29, 1.82) is 0 Å². The third kappa shape index (κ3) is 3.30. The van der Waals surface area contributed by atoms with Crippen molar-refractivity contribution in [3.05, 3.63) is 35.4 Å². The van der Waals surface area contributed by atoms with Crippen molar-refractivity contribution in [2.75, 3.05) is 13.6 Å². The zero-order valence-corrected chi connectivity index (χ0v) is 9.21. The van der Waals surface area contributed by atoms with Crippen molar-refractivity contribution >= 4 is 17.8 Å². The molecular weight excluding hydrogens is 224 g/mol. The van der Waals surface area contributed by atoms with Gasteiger partial charge >= 0.3 is 5.97 Å². The van der Waals surface area contributed by atoms with Gasteiger partial charge in [-0.3, -0.25) is 9.59 Å². The number of benzene rings is 1. The lowest BCUT2D eigenvalue weighted by Crippen LogP contribution is -2.35. The molecule has 3 N–H and O–H groups in total. The molecule has 0 aromatic heterocycles. The molecule has 0 bridgehead atoms. The number of hydrogen-bond acceptors (Lipinski definition) is 3. The van der Waals surface area contributed by atoms with Gasteiger partial charge in [-0.15, -0.1) is 0 Å². The van der Waals surface area contributed by atoms with Crippen LogP contribution in [0.2, 0.25) is 0 Å². The molecule has 1 aromatic carbocycles. The standard InChI is InChI=1S/C11H12N2O4/c1-13(6-9(12)14)10(15)7-3-2-4-8(5-7)11(16)17/h2-5H,6H2,1H3,(H2,12,14)(H,16,17). The summed E-state index contributed by atoms with van der Waals surface area (Å²) >= 11 is 0. The average Bonchev–Trinajstić information content (AvgIpc) is 2.27. The minimum atomic E-state index is -1.11. The van der Waals surface area contributed by atoms with Gasteiger partial charge in [0.05, 0.1) is 12.1 Å². The monoisotopic (exact) mass is 236 g/mol. The third-order valence-corrected chi connectivity index (χ3v) is 2.10. The van der Waals surface area contributed by atoms with Crippen LogP contribution in [0.5, 0.6) is 0 Å². The molecule has 0 fully saturated rings. The van der Waals surface area contributed by atoms with Gasteiger partial charge in [0, 0.05) is 12.6 Å². The van der Waals surface area contributed by atoms with E-state index in [9.17, 15) is 14.4 Å². The Balaban J connectivity index is 2.92. The van der Waals surface area contributed by atoms with Crippen LogP contribution in [-0.4, -0.2) is 41.4 Å². The SMILES string of the molecule is CN(CC(N)=O)C(=O)c1cccc(C(=O)O)c1. The normalized spacial score (nSPS) is 9.71. The molecule has 1 aromatic rings. The highest BCUT2D eigenvalue weighted by Crippen LogP contribution is 2.07. The average molecular weight is 236 g/mol. The molecule has 0 aliphatic heterocycles. The molecule has 0 atom stereocenters. The van der Waals surface area contributed by atoms with E-state index in [0.717, 1.165) is 4.90 Å². The highest BCUT2D eigenvalue weighted by atomic mass is 16.4. The van der Waals surface area contributed by atoms with Crippen molar-refractivity contribution in [3.63, 3.8) is 0 Å². The largest absolute Gasteiger partial charge is 0.478 e. The second-order valence-corrected chi connectivity index (χ2v) is 3.51. The van der Waals surface area contributed by atoms with Gasteiger partial charge < -0.3 is 15.7 Å². The Morgan fingerprint density at radius 3 is 2.41 bits per heavy atom. The molecule has 6 heteroatoms. The summed E-state index contributed by atoms with van der Waals surface area (Å²) in [4.78, 5) is 34.3. The Hall–Kier alpha value is -2.37. The van der Waals surface area contributed by atoms with Crippen LogP contribution in [0.3, 0.4) is 0 Å². The van der Waals surface area contributed by atoms with Gasteiger partial charge in [-0.2, -0.15) is 0 Å². The topological polar surface area (TPSA) is 101 Å². The fourth-order valence-corrected chi connectivity index (χ4v) is 1.31. The summed E-state index contributed by atoms with van der Waals surface area (Å²) in [7, 11) is 1.42. The van der Waals surface area contributed by atoms with Gasteiger partial charge in [0.1, 0.15) is 0 Å². The molecule has 0 radical (unpaired) electrons. The van der Waals surface area contributed by atoms with E-state index in [1.54, 1.807) is 0 Å². The Labute approximate surface area is 97.6 Å². The summed E-state index contributed by atoms with van der Waals surface area (Å²) in [5.41, 5.74) is 5.18. The first-order chi connectivity index (χ1) is 7.91. The minimum absolute atomic E-state index is 0.0170. The van der Waals surface area contributed by atoms with Gasteiger partial charge in [0.2, 0.25) is 5.91 Å². The number of rotatable bonds is 4. The van der Waals surface area contributed by atoms with Crippen LogP contribution >= 0.6 is 0 Å². The number of nitrogens with two attached hydrogens (primary N) is 1. The molecule has 0 heterocycles. The van der Waals surface area contributed by atoms with Crippen LogP contribution in [-0.2, 0) is 4.79 Å². The number of hydrogen-bond donors (Lipinski definition) is 2. The molecule has 17 heavy (non-hydrogen) atoms. The number of likely N-dealkylation sites (N-methyl/N-ethyl adjacent to an activating group) is 1. The summed E-state index contributed by atoms with van der Waals surface area (Å²) in [5.74, 6) is -2.20. The quantitative estimate of drug-likeness (QED) is 0.764. The molecule has 0 spiro atoms. The lowest BCUT2D eigenvalue weighted by atomic mass is 10.1. The first-order valence-electron chi connectivity index (χ1n) is 4.79. The lowest BCUT2D eigenvalue weighted by molar-refractivity contribution is -0.118. The zero-order valence-electron chi connectivity index (χ0n) is 9.21. The van der Waals surface area contributed by atoms with E-state index in [2.05, 4.69) is 0 Å². The molecule has 0 unspecified atom stereocenters. The molecular formula is C11H12N2O4. The molecule has 90 valence electrons. The van der Waals surface area contributed by atoms with E-state index in [1.807, 2.05) is 0 Å². The van der Waals surface area contributed by atoms with Gasteiger partial charge in [-0.1, -0.05) is 6.07 Å². The number of carboxylic acid groups (broad SMARTS) is 1. The second kappa shape index (κ2) is 5.11. The molecule has 0 aliphatic carbocycles. The van der Waals surface area contributed by atoms with E-state index in [0.29, 0.717) is 0 Å². The van der Waals surface area contributed by atoms with E-state index < -0.39 is 17.8 Å². The van der Waals surface area contributed by atoms with Gasteiger partial charge in [-0.05, 0) is 18.2 Å². The first-order valence-corrected chi connectivity index (χ1v) is 4.79. The van der Waals surface area contributed by atoms with Crippen molar-refractivity contribution in [1.82, 2.24) is 4.90 Å². The fraction of sp³-hybridized carbons (Fsp3) is 0.182. The van der Waals surface area contributed by atoms with E-state index >= 15 is 0 Å². The van der Waals surface area contributed by atoms with Crippen LogP contribution < -0.4 is 5.73 Å². The number of nitrogens with zero attached hydrogens (tertiary/aromatic N) is 1. The Bertz CT molecular complexity index is 470. The van der Waals surface area contributed by atoms with E-state index in [-0.39, 0.29) is 17.7 Å². The number of primary amides is 1. The van der Waals surface area contributed by atoms with Crippen molar-refractivity contribution in [3.8, 4) is 0 Å². The number of carboxylic acids is 1. The Morgan fingerprint density at radius 1 is 1.29 bits per heavy atom. The lowest BCUT2D eigenvalue weighted by Gasteiger charge is -2.15. The van der Waals surface area contributed by atoms with Crippen LogP contribution in [0.1, 0.15) is 20.7 Å². The summed E-state index contributed by atoms with van der Waals surface area (Å²) in [6.07, 6.45) is 0. The number of aromatic carboxylic acids is 1. The second-order valence-electron chi connectivity index (χ2n) is 3.51. The summed E-state index contributed by atoms with van der Waals surface area (Å²) in [5, 5.41) is 8.78. The summed E-state index contributed by atoms with van der Waals surface area (Å²) < 4.78 is 0. The fourth-order valence-electron chi connectivity index (χ4n) is 1.31. The van der Waals surface area contributed by atoms with Gasteiger partial charge in [0.15, 0.2) is 0 Å². The molecule has 2 amide bonds. The van der Waals surface area contributed by atoms with Crippen LogP contribution in [0.15, 0.2) is 24.3 Å². The van der Waals surface area contributed by atoms with Crippen LogP contribution in [0, 0.1) is 0 Å². The maximum Gasteiger partial charge on any atom is 0.335 e. The van der Waals surface area contributed by atoms with Crippen LogP contribution in [0.4, 0.5) is 0 Å². The zero-order chi connectivity index (χ0) is 13.0. The molecule has 0 saturated heterocycles. The Kier molecular flexibility index (Phi) is 3.82. The van der Waals surface area contributed by atoms with Crippen molar-refractivity contribution < 1.29 is 19.5 Å². The summed E-state index contributed by atoms with van der Waals surface area (Å²) in [6.45, 7) is -0.212. The van der Waals surface area contributed by atoms with Crippen molar-refractivity contribution in [2.24, 2.45) is 5.73 Å². The number of carbonyl (C=O) groups excluding carboxylic acids is 2. The number of carbonyl (C=O) groups is 3. The highest BCUT2D eigenvalue weighted by molar-refractivity contribution is 5.98. The minimum Gasteiger partial charge on any atom is -0.478 e. The predicted octanol–water partition coefficient (Wildman–Crippen LogP) is -0.0579. The van der Waals surface area contributed by atoms with E-state index in [4.69, 9.17) is 10.8 Å². The van der Waals surface area contributed by atoms with Gasteiger partial charge in [-0.25, -0.2) is 4.79 Å². The first kappa shape index (κ1) is 12.7. The Morgan fingerprint density at radius 2 is 1.88 bits per heavy atom. The highest BCUT2D eigenvalue weighted by Gasteiger charge is 2.14. The molecule has 1 rings (SSSR count). The molecule has 0 aliphatic rings. The van der Waals surface area contributed by atoms with Crippen LogP contribution in [0.25, 0.3) is 0 Å². The number of amides is 2. The third-order valence-electron chi connectivity index (χ3n) is 2.10. The maximum atomic E-state index is 11.8. The molecule has 0 saturated carbocycles. The maximum absolute atomic E-state index is 11.8. The molecule has 6 nitrogen and oxygen atoms in total. The van der Waals surface area contributed by atoms with Crippen molar-refractivity contribution in [2.45, 2.75) is 0 Å². The summed E-state index contributed by atoms with van der Waals surface area (Å²) in [6, 6.07) is 5.58. The smallest absolute Gasteiger partial charge is 0.335 e. The predicted molar refractivity (Wildman–Crippen MR) is 59.6 cm³/mol. The van der Waals surface area contributed by atoms with Gasteiger partial charge in [0.25, 0.3) is 5.91 Å².